The molecule has 1 aromatic carbocycles. The van der Waals surface area contributed by atoms with Gasteiger partial charge in [-0.25, -0.2) is 17.9 Å². The summed E-state index contributed by atoms with van der Waals surface area (Å²) in [5.74, 6) is -0.673. The summed E-state index contributed by atoms with van der Waals surface area (Å²) in [5.41, 5.74) is -0.538. The van der Waals surface area contributed by atoms with Crippen LogP contribution < -0.4 is 4.72 Å². The van der Waals surface area contributed by atoms with E-state index in [1.54, 1.807) is 12.1 Å². The number of ether oxygens (including phenoxy) is 2. The highest BCUT2D eigenvalue weighted by atomic mass is 32.2. The first-order chi connectivity index (χ1) is 9.88. The minimum absolute atomic E-state index is 0.0307. The van der Waals surface area contributed by atoms with Crippen molar-refractivity contribution in [1.82, 2.24) is 4.72 Å². The lowest BCUT2D eigenvalue weighted by atomic mass is 9.94. The molecule has 0 amide bonds. The van der Waals surface area contributed by atoms with Crippen molar-refractivity contribution in [3.63, 3.8) is 0 Å². The molecular formula is C14H19NO5S. The molecule has 0 aromatic heterocycles. The number of sulfonamides is 1. The van der Waals surface area contributed by atoms with Crippen LogP contribution in [0.5, 0.6) is 0 Å². The second kappa shape index (κ2) is 6.13. The summed E-state index contributed by atoms with van der Waals surface area (Å²) < 4.78 is 37.8. The zero-order chi connectivity index (χ0) is 15.5. The van der Waals surface area contributed by atoms with Crippen molar-refractivity contribution < 1.29 is 22.7 Å². The van der Waals surface area contributed by atoms with Gasteiger partial charge in [-0.05, 0) is 31.9 Å². The van der Waals surface area contributed by atoms with E-state index in [9.17, 15) is 13.2 Å². The van der Waals surface area contributed by atoms with Gasteiger partial charge in [-0.1, -0.05) is 12.1 Å². The van der Waals surface area contributed by atoms with Crippen LogP contribution in [0.4, 0.5) is 0 Å². The Morgan fingerprint density at radius 2 is 1.90 bits per heavy atom. The van der Waals surface area contributed by atoms with E-state index in [0.29, 0.717) is 26.1 Å². The van der Waals surface area contributed by atoms with Gasteiger partial charge in [-0.3, -0.25) is 0 Å². The second-order valence-electron chi connectivity index (χ2n) is 5.27. The van der Waals surface area contributed by atoms with E-state index in [2.05, 4.69) is 9.46 Å². The third-order valence-electron chi connectivity index (χ3n) is 3.56. The Morgan fingerprint density at radius 3 is 2.52 bits per heavy atom. The van der Waals surface area contributed by atoms with Crippen LogP contribution in [0.2, 0.25) is 0 Å². The smallest absolute Gasteiger partial charge is 0.339 e. The zero-order valence-corrected chi connectivity index (χ0v) is 12.9. The maximum Gasteiger partial charge on any atom is 0.339 e. The van der Waals surface area contributed by atoms with E-state index < -0.39 is 21.5 Å². The van der Waals surface area contributed by atoms with Gasteiger partial charge < -0.3 is 9.47 Å². The highest BCUT2D eigenvalue weighted by molar-refractivity contribution is 7.89. The number of hydrogen-bond donors (Lipinski definition) is 1. The number of hydrogen-bond acceptors (Lipinski definition) is 5. The predicted octanol–water partition coefficient (Wildman–Crippen LogP) is 1.32. The lowest BCUT2D eigenvalue weighted by Gasteiger charge is -2.34. The monoisotopic (exact) mass is 313 g/mol. The van der Waals surface area contributed by atoms with Crippen LogP contribution in [0.15, 0.2) is 29.2 Å². The molecule has 1 heterocycles. The normalized spacial score (nSPS) is 18.2. The minimum Gasteiger partial charge on any atom is -0.465 e. The van der Waals surface area contributed by atoms with Crippen LogP contribution >= 0.6 is 0 Å². The maximum absolute atomic E-state index is 12.6. The van der Waals surface area contributed by atoms with Crippen LogP contribution in [0.25, 0.3) is 0 Å². The Morgan fingerprint density at radius 1 is 1.29 bits per heavy atom. The number of methoxy groups -OCH3 is 1. The van der Waals surface area contributed by atoms with E-state index >= 15 is 0 Å². The summed E-state index contributed by atoms with van der Waals surface area (Å²) in [4.78, 5) is 11.7. The molecule has 6 nitrogen and oxygen atoms in total. The fourth-order valence-electron chi connectivity index (χ4n) is 2.28. The highest BCUT2D eigenvalue weighted by Crippen LogP contribution is 2.24. The molecule has 1 N–H and O–H groups in total. The summed E-state index contributed by atoms with van der Waals surface area (Å²) in [6.07, 6.45) is 1.18. The number of nitrogens with one attached hydrogen (secondary N) is 1. The fraction of sp³-hybridized carbons (Fsp3) is 0.500. The molecule has 2 rings (SSSR count). The number of rotatable bonds is 4. The molecule has 0 aliphatic carbocycles. The van der Waals surface area contributed by atoms with E-state index in [4.69, 9.17) is 4.74 Å². The molecule has 0 radical (unpaired) electrons. The SMILES string of the molecule is COC(=O)c1ccccc1S(=O)(=O)NC1(C)CCOCC1. The van der Waals surface area contributed by atoms with Gasteiger partial charge >= 0.3 is 5.97 Å². The van der Waals surface area contributed by atoms with E-state index in [-0.39, 0.29) is 10.5 Å². The third-order valence-corrected chi connectivity index (χ3v) is 5.26. The Labute approximate surface area is 124 Å². The van der Waals surface area contributed by atoms with Crippen molar-refractivity contribution in [3.05, 3.63) is 29.8 Å². The first-order valence-corrected chi connectivity index (χ1v) is 8.15. The molecule has 0 spiro atoms. The molecule has 116 valence electrons. The van der Waals surface area contributed by atoms with Crippen molar-refractivity contribution in [3.8, 4) is 0 Å². The largest absolute Gasteiger partial charge is 0.465 e. The summed E-state index contributed by atoms with van der Waals surface area (Å²) in [5, 5.41) is 0. The second-order valence-corrected chi connectivity index (χ2v) is 6.92. The average molecular weight is 313 g/mol. The van der Waals surface area contributed by atoms with E-state index in [0.717, 1.165) is 0 Å². The minimum atomic E-state index is -3.81. The molecule has 1 saturated heterocycles. The summed E-state index contributed by atoms with van der Waals surface area (Å²) in [6.45, 7) is 2.86. The molecule has 1 aliphatic heterocycles. The molecule has 1 fully saturated rings. The van der Waals surface area contributed by atoms with Gasteiger partial charge in [0, 0.05) is 18.8 Å². The first-order valence-electron chi connectivity index (χ1n) is 6.67. The molecule has 1 aromatic rings. The molecule has 0 atom stereocenters. The number of carbonyl (C=O) groups excluding carboxylic acids is 1. The van der Waals surface area contributed by atoms with Crippen molar-refractivity contribution in [2.75, 3.05) is 20.3 Å². The molecule has 7 heteroatoms. The van der Waals surface area contributed by atoms with Gasteiger partial charge in [0.25, 0.3) is 0 Å². The molecule has 0 bridgehead atoms. The van der Waals surface area contributed by atoms with Crippen molar-refractivity contribution in [1.29, 1.82) is 0 Å². The van der Waals surface area contributed by atoms with Crippen LogP contribution in [0, 0.1) is 0 Å². The molecule has 0 unspecified atom stereocenters. The summed E-state index contributed by atoms with van der Waals surface area (Å²) in [7, 11) is -2.59. The fourth-order valence-corrected chi connectivity index (χ4v) is 3.94. The Hall–Kier alpha value is -1.44. The van der Waals surface area contributed by atoms with E-state index in [1.807, 2.05) is 6.92 Å². The molecule has 0 saturated carbocycles. The number of benzene rings is 1. The molecular weight excluding hydrogens is 294 g/mol. The lowest BCUT2D eigenvalue weighted by Crippen LogP contribution is -2.49. The first kappa shape index (κ1) is 15.9. The topological polar surface area (TPSA) is 81.7 Å². The van der Waals surface area contributed by atoms with Gasteiger partial charge in [0.2, 0.25) is 10.0 Å². The van der Waals surface area contributed by atoms with Gasteiger partial charge in [-0.15, -0.1) is 0 Å². The van der Waals surface area contributed by atoms with Crippen LogP contribution in [-0.2, 0) is 19.5 Å². The zero-order valence-electron chi connectivity index (χ0n) is 12.1. The quantitative estimate of drug-likeness (QED) is 0.848. The van der Waals surface area contributed by atoms with Crippen LogP contribution in [-0.4, -0.2) is 40.2 Å². The third kappa shape index (κ3) is 3.61. The van der Waals surface area contributed by atoms with E-state index in [1.165, 1.54) is 19.2 Å². The Kier molecular flexibility index (Phi) is 4.65. The van der Waals surface area contributed by atoms with Crippen LogP contribution in [0.3, 0.4) is 0 Å². The summed E-state index contributed by atoms with van der Waals surface area (Å²) >= 11 is 0. The maximum atomic E-state index is 12.6. The lowest BCUT2D eigenvalue weighted by molar-refractivity contribution is 0.0535. The molecule has 21 heavy (non-hydrogen) atoms. The molecule has 1 aliphatic rings. The number of carbonyl (C=O) groups is 1. The average Bonchev–Trinajstić information content (AvgIpc) is 2.46. The van der Waals surface area contributed by atoms with Crippen molar-refractivity contribution >= 4 is 16.0 Å². The van der Waals surface area contributed by atoms with Crippen molar-refractivity contribution in [2.24, 2.45) is 0 Å². The predicted molar refractivity (Wildman–Crippen MR) is 76.6 cm³/mol. The van der Waals surface area contributed by atoms with Crippen LogP contribution in [0.1, 0.15) is 30.1 Å². The van der Waals surface area contributed by atoms with Gasteiger partial charge in [0.15, 0.2) is 0 Å². The van der Waals surface area contributed by atoms with Crippen molar-refractivity contribution in [2.45, 2.75) is 30.2 Å². The summed E-state index contributed by atoms with van der Waals surface area (Å²) in [6, 6.07) is 6.01. The standard InChI is InChI=1S/C14H19NO5S/c1-14(7-9-20-10-8-14)15-21(17,18)12-6-4-3-5-11(12)13(16)19-2/h3-6,15H,7-10H2,1-2H3. The number of esters is 1. The Bertz CT molecular complexity index is 620. The highest BCUT2D eigenvalue weighted by Gasteiger charge is 2.34. The van der Waals surface area contributed by atoms with Gasteiger partial charge in [0.05, 0.1) is 17.6 Å². The Balaban J connectivity index is 2.34. The van der Waals surface area contributed by atoms with Gasteiger partial charge in [0.1, 0.15) is 0 Å². The van der Waals surface area contributed by atoms with Gasteiger partial charge in [-0.2, -0.15) is 0 Å².